The highest BCUT2D eigenvalue weighted by Crippen LogP contribution is 2.24. The summed E-state index contributed by atoms with van der Waals surface area (Å²) in [6.45, 7) is 7.62. The summed E-state index contributed by atoms with van der Waals surface area (Å²) in [4.78, 5) is 24.8. The molecule has 21 heavy (non-hydrogen) atoms. The number of aldehydes is 1. The molecule has 0 aliphatic carbocycles. The molecule has 1 amide bonds. The molecule has 1 aliphatic heterocycles. The van der Waals surface area contributed by atoms with E-state index in [9.17, 15) is 9.59 Å². The van der Waals surface area contributed by atoms with Crippen molar-refractivity contribution in [3.63, 3.8) is 0 Å². The first-order chi connectivity index (χ1) is 9.90. The number of piperazine rings is 1. The third-order valence-corrected chi connectivity index (χ3v) is 3.33. The largest absolute Gasteiger partial charge is 0.444 e. The number of carbonyl (C=O) groups is 2. The predicted octanol–water partition coefficient (Wildman–Crippen LogP) is 2.38. The zero-order valence-electron chi connectivity index (χ0n) is 12.8. The maximum absolute atomic E-state index is 12.3. The summed E-state index contributed by atoms with van der Waals surface area (Å²) >= 11 is 0. The molecule has 1 heterocycles. The van der Waals surface area contributed by atoms with Gasteiger partial charge in [-0.1, -0.05) is 24.3 Å². The number of nitrogens with one attached hydrogen (secondary N) is 1. The fourth-order valence-electron chi connectivity index (χ4n) is 2.34. The summed E-state index contributed by atoms with van der Waals surface area (Å²) in [5.74, 6) is 0. The number of ether oxygens (including phenoxy) is 1. The number of hydrogen-bond donors (Lipinski definition) is 1. The molecule has 5 heteroatoms. The molecule has 1 aliphatic rings. The van der Waals surface area contributed by atoms with Gasteiger partial charge in [-0.15, -0.1) is 0 Å². The molecular formula is C16H22N2O3. The van der Waals surface area contributed by atoms with Crippen molar-refractivity contribution in [3.8, 4) is 0 Å². The summed E-state index contributed by atoms with van der Waals surface area (Å²) < 4.78 is 5.48. The van der Waals surface area contributed by atoms with Crippen LogP contribution in [0.15, 0.2) is 24.3 Å². The Balaban J connectivity index is 2.18. The first kappa shape index (κ1) is 15.5. The average Bonchev–Trinajstić information content (AvgIpc) is 2.45. The fraction of sp³-hybridized carbons (Fsp3) is 0.500. The second-order valence-electron chi connectivity index (χ2n) is 6.18. The SMILES string of the molecule is CC(C)(C)OC(=O)N1CCNCC1c1ccc(C=O)cc1. The van der Waals surface area contributed by atoms with Gasteiger partial charge in [0.1, 0.15) is 11.9 Å². The Hall–Kier alpha value is -1.88. The lowest BCUT2D eigenvalue weighted by Gasteiger charge is -2.37. The molecular weight excluding hydrogens is 268 g/mol. The second-order valence-corrected chi connectivity index (χ2v) is 6.18. The summed E-state index contributed by atoms with van der Waals surface area (Å²) in [5, 5.41) is 3.29. The van der Waals surface area contributed by atoms with Crippen molar-refractivity contribution in [2.24, 2.45) is 0 Å². The van der Waals surface area contributed by atoms with Crippen LogP contribution in [0.4, 0.5) is 4.79 Å². The highest BCUT2D eigenvalue weighted by molar-refractivity contribution is 5.74. The molecule has 0 bridgehead atoms. The van der Waals surface area contributed by atoms with Gasteiger partial charge >= 0.3 is 6.09 Å². The summed E-state index contributed by atoms with van der Waals surface area (Å²) in [6, 6.07) is 7.24. The molecule has 5 nitrogen and oxygen atoms in total. The van der Waals surface area contributed by atoms with E-state index in [1.807, 2.05) is 32.9 Å². The Morgan fingerprint density at radius 3 is 2.57 bits per heavy atom. The van der Waals surface area contributed by atoms with Crippen LogP contribution < -0.4 is 5.32 Å². The van der Waals surface area contributed by atoms with Crippen LogP contribution in [0.5, 0.6) is 0 Å². The van der Waals surface area contributed by atoms with Gasteiger partial charge in [-0.25, -0.2) is 4.79 Å². The Morgan fingerprint density at radius 1 is 1.33 bits per heavy atom. The lowest BCUT2D eigenvalue weighted by Crippen LogP contribution is -2.50. The minimum absolute atomic E-state index is 0.0747. The molecule has 1 saturated heterocycles. The van der Waals surface area contributed by atoms with E-state index >= 15 is 0 Å². The Kier molecular flexibility index (Phi) is 4.63. The van der Waals surface area contributed by atoms with E-state index in [0.29, 0.717) is 18.7 Å². The normalized spacial score (nSPS) is 19.2. The van der Waals surface area contributed by atoms with E-state index in [0.717, 1.165) is 18.4 Å². The van der Waals surface area contributed by atoms with Crippen molar-refractivity contribution in [3.05, 3.63) is 35.4 Å². The van der Waals surface area contributed by atoms with Crippen molar-refractivity contribution in [1.82, 2.24) is 10.2 Å². The van der Waals surface area contributed by atoms with Crippen LogP contribution in [0, 0.1) is 0 Å². The smallest absolute Gasteiger partial charge is 0.410 e. The Morgan fingerprint density at radius 2 is 2.00 bits per heavy atom. The van der Waals surface area contributed by atoms with Gasteiger partial charge in [0.25, 0.3) is 0 Å². The molecule has 1 aromatic rings. The molecule has 0 radical (unpaired) electrons. The summed E-state index contributed by atoms with van der Waals surface area (Å²) in [7, 11) is 0. The molecule has 1 aromatic carbocycles. The van der Waals surface area contributed by atoms with Crippen molar-refractivity contribution in [2.75, 3.05) is 19.6 Å². The molecule has 114 valence electrons. The first-order valence-corrected chi connectivity index (χ1v) is 7.16. The standard InChI is InChI=1S/C16H22N2O3/c1-16(2,3)21-15(20)18-9-8-17-10-14(18)13-6-4-12(11-19)5-7-13/h4-7,11,14,17H,8-10H2,1-3H3. The van der Waals surface area contributed by atoms with E-state index in [1.54, 1.807) is 17.0 Å². The molecule has 0 aromatic heterocycles. The predicted molar refractivity (Wildman–Crippen MR) is 80.4 cm³/mol. The number of amides is 1. The van der Waals surface area contributed by atoms with E-state index < -0.39 is 5.60 Å². The topological polar surface area (TPSA) is 58.6 Å². The van der Waals surface area contributed by atoms with Crippen LogP contribution in [0.1, 0.15) is 42.7 Å². The van der Waals surface area contributed by atoms with Crippen molar-refractivity contribution in [2.45, 2.75) is 32.4 Å². The lowest BCUT2D eigenvalue weighted by molar-refractivity contribution is 0.0118. The second kappa shape index (κ2) is 6.26. The van der Waals surface area contributed by atoms with E-state index in [4.69, 9.17) is 4.74 Å². The monoisotopic (exact) mass is 290 g/mol. The number of nitrogens with zero attached hydrogens (tertiary/aromatic N) is 1. The van der Waals surface area contributed by atoms with Crippen LogP contribution in [0.25, 0.3) is 0 Å². The zero-order chi connectivity index (χ0) is 15.5. The number of hydrogen-bond acceptors (Lipinski definition) is 4. The number of rotatable bonds is 2. The molecule has 1 N–H and O–H groups in total. The number of carbonyl (C=O) groups excluding carboxylic acids is 2. The molecule has 0 saturated carbocycles. The van der Waals surface area contributed by atoms with Gasteiger partial charge in [-0.3, -0.25) is 9.69 Å². The fourth-order valence-corrected chi connectivity index (χ4v) is 2.34. The van der Waals surface area contributed by atoms with E-state index in [1.165, 1.54) is 0 Å². The highest BCUT2D eigenvalue weighted by atomic mass is 16.6. The Bertz CT molecular complexity index is 505. The van der Waals surface area contributed by atoms with Crippen LogP contribution in [-0.4, -0.2) is 42.5 Å². The van der Waals surface area contributed by atoms with E-state index in [-0.39, 0.29) is 12.1 Å². The Labute approximate surface area is 125 Å². The van der Waals surface area contributed by atoms with Crippen LogP contribution in [0.2, 0.25) is 0 Å². The van der Waals surface area contributed by atoms with Crippen LogP contribution >= 0.6 is 0 Å². The molecule has 1 unspecified atom stereocenters. The average molecular weight is 290 g/mol. The van der Waals surface area contributed by atoms with Crippen molar-refractivity contribution >= 4 is 12.4 Å². The van der Waals surface area contributed by atoms with Crippen LogP contribution in [0.3, 0.4) is 0 Å². The minimum Gasteiger partial charge on any atom is -0.444 e. The molecule has 0 spiro atoms. The third kappa shape index (κ3) is 4.04. The summed E-state index contributed by atoms with van der Waals surface area (Å²) in [5.41, 5.74) is 1.12. The van der Waals surface area contributed by atoms with Gasteiger partial charge in [0.05, 0.1) is 6.04 Å². The lowest BCUT2D eigenvalue weighted by atomic mass is 10.0. The quantitative estimate of drug-likeness (QED) is 0.850. The maximum Gasteiger partial charge on any atom is 0.410 e. The van der Waals surface area contributed by atoms with Gasteiger partial charge in [-0.2, -0.15) is 0 Å². The van der Waals surface area contributed by atoms with Gasteiger partial charge in [0, 0.05) is 25.2 Å². The molecule has 1 fully saturated rings. The molecule has 1 atom stereocenters. The third-order valence-electron chi connectivity index (χ3n) is 3.33. The maximum atomic E-state index is 12.3. The van der Waals surface area contributed by atoms with Gasteiger partial charge in [0.2, 0.25) is 0 Å². The van der Waals surface area contributed by atoms with Gasteiger partial charge < -0.3 is 10.1 Å². The highest BCUT2D eigenvalue weighted by Gasteiger charge is 2.31. The zero-order valence-corrected chi connectivity index (χ0v) is 12.8. The first-order valence-electron chi connectivity index (χ1n) is 7.16. The van der Waals surface area contributed by atoms with E-state index in [2.05, 4.69) is 5.32 Å². The molecule has 2 rings (SSSR count). The van der Waals surface area contributed by atoms with Crippen LogP contribution in [-0.2, 0) is 4.74 Å². The van der Waals surface area contributed by atoms with Gasteiger partial charge in [0.15, 0.2) is 0 Å². The van der Waals surface area contributed by atoms with Gasteiger partial charge in [-0.05, 0) is 26.3 Å². The van der Waals surface area contributed by atoms with Crippen molar-refractivity contribution in [1.29, 1.82) is 0 Å². The minimum atomic E-state index is -0.506. The van der Waals surface area contributed by atoms with Crippen molar-refractivity contribution < 1.29 is 14.3 Å². The number of benzene rings is 1. The summed E-state index contributed by atoms with van der Waals surface area (Å²) in [6.07, 6.45) is 0.516.